The second-order valence-corrected chi connectivity index (χ2v) is 5.86. The highest BCUT2D eigenvalue weighted by Gasteiger charge is 2.73. The van der Waals surface area contributed by atoms with Crippen LogP contribution in [0, 0.1) is 0 Å². The minimum atomic E-state index is -6.55. The number of rotatable bonds is 7. The zero-order valence-corrected chi connectivity index (χ0v) is 14.1. The molecule has 0 aromatic heterocycles. The van der Waals surface area contributed by atoms with Crippen LogP contribution in [0.3, 0.4) is 0 Å². The molecule has 1 rings (SSSR count). The number of alkyl halides is 7. The lowest BCUT2D eigenvalue weighted by atomic mass is 10.0. The van der Waals surface area contributed by atoms with Crippen LogP contribution in [0.5, 0.6) is 0 Å². The van der Waals surface area contributed by atoms with E-state index in [1.807, 2.05) is 0 Å². The molecule has 27 heavy (non-hydrogen) atoms. The summed E-state index contributed by atoms with van der Waals surface area (Å²) >= 11 is 0. The predicted molar refractivity (Wildman–Crippen MR) is 79.5 cm³/mol. The molecule has 0 radical (unpaired) electrons. The van der Waals surface area contributed by atoms with Gasteiger partial charge in [0.15, 0.2) is 0 Å². The Labute approximate surface area is 149 Å². The number of halogens is 7. The molecule has 0 saturated heterocycles. The third-order valence-electron chi connectivity index (χ3n) is 3.25. The van der Waals surface area contributed by atoms with E-state index >= 15 is 0 Å². The predicted octanol–water partition coefficient (Wildman–Crippen LogP) is 3.96. The number of nitrogens with one attached hydrogen (secondary N) is 1. The highest BCUT2D eigenvalue weighted by atomic mass is 19.4. The standard InChI is InChI=1S/C16H16F7NO3/c1-9(2)27-13(26)11(24-12(25)10-6-4-3-5-7-10)8-14(17,18)15(19,20)16(21,22)23/h3-7,9,11H,8H2,1-2H3,(H,24,25). The first-order valence-electron chi connectivity index (χ1n) is 7.58. The SMILES string of the molecule is CC(C)OC(=O)C(CC(F)(F)C(F)(F)C(F)(F)F)NC(=O)c1ccccc1. The van der Waals surface area contributed by atoms with Gasteiger partial charge < -0.3 is 10.1 Å². The summed E-state index contributed by atoms with van der Waals surface area (Å²) in [6, 6.07) is 4.32. The first-order chi connectivity index (χ1) is 12.2. The van der Waals surface area contributed by atoms with Gasteiger partial charge in [0.2, 0.25) is 0 Å². The summed E-state index contributed by atoms with van der Waals surface area (Å²) in [4.78, 5) is 23.9. The van der Waals surface area contributed by atoms with Crippen LogP contribution in [0.15, 0.2) is 30.3 Å². The normalized spacial score (nSPS) is 14.0. The van der Waals surface area contributed by atoms with Crippen LogP contribution in [-0.2, 0) is 9.53 Å². The molecule has 1 amide bonds. The fourth-order valence-corrected chi connectivity index (χ4v) is 1.93. The van der Waals surface area contributed by atoms with Gasteiger partial charge in [-0.15, -0.1) is 0 Å². The average molecular weight is 403 g/mol. The van der Waals surface area contributed by atoms with Gasteiger partial charge in [-0.2, -0.15) is 30.7 Å². The average Bonchev–Trinajstić information content (AvgIpc) is 2.52. The van der Waals surface area contributed by atoms with E-state index in [1.165, 1.54) is 44.2 Å². The molecule has 4 nitrogen and oxygen atoms in total. The fraction of sp³-hybridized carbons (Fsp3) is 0.500. The van der Waals surface area contributed by atoms with Crippen molar-refractivity contribution in [2.45, 2.75) is 50.4 Å². The third kappa shape index (κ3) is 5.57. The number of carbonyl (C=O) groups is 2. The van der Waals surface area contributed by atoms with Gasteiger partial charge in [0.1, 0.15) is 6.04 Å². The summed E-state index contributed by atoms with van der Waals surface area (Å²) < 4.78 is 95.0. The van der Waals surface area contributed by atoms with Gasteiger partial charge in [-0.1, -0.05) is 18.2 Å². The molecule has 0 aliphatic rings. The quantitative estimate of drug-likeness (QED) is 0.554. The van der Waals surface area contributed by atoms with E-state index in [-0.39, 0.29) is 5.56 Å². The molecule has 0 aliphatic heterocycles. The maximum atomic E-state index is 13.7. The Morgan fingerprint density at radius 3 is 1.96 bits per heavy atom. The number of benzene rings is 1. The van der Waals surface area contributed by atoms with E-state index in [2.05, 4.69) is 4.74 Å². The maximum absolute atomic E-state index is 13.7. The van der Waals surface area contributed by atoms with Gasteiger partial charge in [-0.05, 0) is 26.0 Å². The molecule has 1 unspecified atom stereocenters. The topological polar surface area (TPSA) is 55.4 Å². The van der Waals surface area contributed by atoms with Crippen LogP contribution in [0.2, 0.25) is 0 Å². The first-order valence-corrected chi connectivity index (χ1v) is 7.58. The van der Waals surface area contributed by atoms with Crippen LogP contribution in [0.4, 0.5) is 30.7 Å². The summed E-state index contributed by atoms with van der Waals surface area (Å²) in [5, 5.41) is 1.72. The van der Waals surface area contributed by atoms with Crippen molar-refractivity contribution in [2.75, 3.05) is 0 Å². The molecule has 1 aromatic rings. The van der Waals surface area contributed by atoms with Gasteiger partial charge in [0, 0.05) is 12.0 Å². The second kappa shape index (κ2) is 8.13. The lowest BCUT2D eigenvalue weighted by Gasteiger charge is -2.30. The minimum Gasteiger partial charge on any atom is -0.461 e. The molecular formula is C16H16F7NO3. The summed E-state index contributed by atoms with van der Waals surface area (Å²) in [6.45, 7) is 2.60. The Morgan fingerprint density at radius 2 is 1.52 bits per heavy atom. The van der Waals surface area contributed by atoms with Crippen molar-refractivity contribution in [3.63, 3.8) is 0 Å². The van der Waals surface area contributed by atoms with Crippen molar-refractivity contribution in [1.82, 2.24) is 5.32 Å². The lowest BCUT2D eigenvalue weighted by Crippen LogP contribution is -2.56. The Morgan fingerprint density at radius 1 is 1.00 bits per heavy atom. The summed E-state index contributed by atoms with van der Waals surface area (Å²) in [6.07, 6.45) is -9.74. The van der Waals surface area contributed by atoms with E-state index in [1.54, 1.807) is 5.32 Å². The van der Waals surface area contributed by atoms with Crippen LogP contribution in [0.1, 0.15) is 30.6 Å². The smallest absolute Gasteiger partial charge is 0.459 e. The molecular weight excluding hydrogens is 387 g/mol. The monoisotopic (exact) mass is 403 g/mol. The van der Waals surface area contributed by atoms with Crippen molar-refractivity contribution in [1.29, 1.82) is 0 Å². The zero-order chi connectivity index (χ0) is 21.0. The molecule has 1 atom stereocenters. The molecule has 11 heteroatoms. The van der Waals surface area contributed by atoms with Crippen molar-refractivity contribution >= 4 is 11.9 Å². The Hall–Kier alpha value is -2.33. The van der Waals surface area contributed by atoms with Crippen molar-refractivity contribution in [2.24, 2.45) is 0 Å². The number of esters is 1. The van der Waals surface area contributed by atoms with Crippen LogP contribution in [-0.4, -0.2) is 42.0 Å². The fourth-order valence-electron chi connectivity index (χ4n) is 1.93. The number of carbonyl (C=O) groups excluding carboxylic acids is 2. The van der Waals surface area contributed by atoms with Gasteiger partial charge in [0.05, 0.1) is 6.10 Å². The van der Waals surface area contributed by atoms with Gasteiger partial charge in [0.25, 0.3) is 5.91 Å². The molecule has 1 N–H and O–H groups in total. The Kier molecular flexibility index (Phi) is 6.84. The molecule has 0 bridgehead atoms. The van der Waals surface area contributed by atoms with E-state index in [0.717, 1.165) is 0 Å². The number of ether oxygens (including phenoxy) is 1. The van der Waals surface area contributed by atoms with Crippen molar-refractivity contribution < 1.29 is 45.1 Å². The second-order valence-electron chi connectivity index (χ2n) is 5.86. The third-order valence-corrected chi connectivity index (χ3v) is 3.25. The Bertz CT molecular complexity index is 660. The number of hydrogen-bond acceptors (Lipinski definition) is 3. The number of hydrogen-bond donors (Lipinski definition) is 1. The highest BCUT2D eigenvalue weighted by Crippen LogP contribution is 2.48. The summed E-state index contributed by atoms with van der Waals surface area (Å²) in [5.74, 6) is -14.8. The van der Waals surface area contributed by atoms with Gasteiger partial charge in [-0.3, -0.25) is 4.79 Å². The number of amides is 1. The summed E-state index contributed by atoms with van der Waals surface area (Å²) in [5.41, 5.74) is -0.120. The molecule has 0 fully saturated rings. The minimum absolute atomic E-state index is 0.120. The molecule has 1 aromatic carbocycles. The molecule has 0 saturated carbocycles. The van der Waals surface area contributed by atoms with Crippen molar-refractivity contribution in [3.8, 4) is 0 Å². The largest absolute Gasteiger partial charge is 0.461 e. The molecule has 0 aliphatic carbocycles. The first kappa shape index (κ1) is 22.7. The van der Waals surface area contributed by atoms with Crippen LogP contribution in [0.25, 0.3) is 0 Å². The summed E-state index contributed by atoms with van der Waals surface area (Å²) in [7, 11) is 0. The van der Waals surface area contributed by atoms with E-state index in [4.69, 9.17) is 0 Å². The van der Waals surface area contributed by atoms with Crippen molar-refractivity contribution in [3.05, 3.63) is 35.9 Å². The zero-order valence-electron chi connectivity index (χ0n) is 14.1. The van der Waals surface area contributed by atoms with Crippen LogP contribution < -0.4 is 5.32 Å². The highest BCUT2D eigenvalue weighted by molar-refractivity contribution is 5.96. The molecule has 0 heterocycles. The van der Waals surface area contributed by atoms with E-state index < -0.39 is 48.5 Å². The van der Waals surface area contributed by atoms with Gasteiger partial charge >= 0.3 is 24.0 Å². The van der Waals surface area contributed by atoms with Crippen LogP contribution >= 0.6 is 0 Å². The lowest BCUT2D eigenvalue weighted by molar-refractivity contribution is -0.356. The van der Waals surface area contributed by atoms with E-state index in [0.29, 0.717) is 0 Å². The van der Waals surface area contributed by atoms with E-state index in [9.17, 15) is 40.3 Å². The Balaban J connectivity index is 3.11. The molecule has 152 valence electrons. The maximum Gasteiger partial charge on any atom is 0.459 e. The molecule has 0 spiro atoms. The van der Waals surface area contributed by atoms with Gasteiger partial charge in [-0.25, -0.2) is 4.79 Å².